The van der Waals surface area contributed by atoms with E-state index >= 15 is 0 Å². The first-order valence-electron chi connectivity index (χ1n) is 15.3. The summed E-state index contributed by atoms with van der Waals surface area (Å²) in [6.07, 6.45) is 5.56. The van der Waals surface area contributed by atoms with Gasteiger partial charge in [0.25, 0.3) is 0 Å². The maximum atomic E-state index is 13.8. The third-order valence-corrected chi connectivity index (χ3v) is 7.93. The van der Waals surface area contributed by atoms with Gasteiger partial charge in [0, 0.05) is 58.0 Å². The van der Waals surface area contributed by atoms with Gasteiger partial charge in [-0.2, -0.15) is 0 Å². The molecule has 0 spiro atoms. The molecule has 3 aromatic rings. The van der Waals surface area contributed by atoms with Crippen LogP contribution in [0, 0.1) is 0 Å². The smallest absolute Gasteiger partial charge is 0.240 e. The second-order valence-electron chi connectivity index (χ2n) is 11.1. The third-order valence-electron chi connectivity index (χ3n) is 7.93. The molecule has 1 amide bonds. The molecule has 1 aliphatic heterocycles. The predicted molar refractivity (Wildman–Crippen MR) is 168 cm³/mol. The molecule has 1 fully saturated rings. The second-order valence-corrected chi connectivity index (χ2v) is 11.1. The normalized spacial score (nSPS) is 14.7. The van der Waals surface area contributed by atoms with Crippen molar-refractivity contribution in [1.82, 2.24) is 15.1 Å². The van der Waals surface area contributed by atoms with Crippen molar-refractivity contribution in [2.75, 3.05) is 44.2 Å². The minimum absolute atomic E-state index is 0.213. The van der Waals surface area contributed by atoms with E-state index in [9.17, 15) is 4.79 Å². The van der Waals surface area contributed by atoms with Crippen molar-refractivity contribution in [2.24, 2.45) is 0 Å². The molecule has 40 heavy (non-hydrogen) atoms. The lowest BCUT2D eigenvalue weighted by molar-refractivity contribution is -0.135. The lowest BCUT2D eigenvalue weighted by atomic mass is 10.0. The fraction of sp³-hybridized carbons (Fsp3) is 0.457. The van der Waals surface area contributed by atoms with Crippen LogP contribution in [0.25, 0.3) is 0 Å². The van der Waals surface area contributed by atoms with Crippen LogP contribution in [-0.4, -0.2) is 61.0 Å². The number of carbonyl (C=O) groups is 1. The number of carbonyl (C=O) groups excluding carboxylic acids is 1. The van der Waals surface area contributed by atoms with Crippen LogP contribution in [-0.2, 0) is 24.3 Å². The van der Waals surface area contributed by atoms with Crippen molar-refractivity contribution in [3.8, 4) is 0 Å². The molecule has 0 aliphatic carbocycles. The maximum absolute atomic E-state index is 13.8. The zero-order chi connectivity index (χ0) is 28.0. The van der Waals surface area contributed by atoms with Crippen LogP contribution in [0.2, 0.25) is 0 Å². The number of unbranched alkanes of at least 4 members (excludes halogenated alkanes) is 2. The highest BCUT2D eigenvalue weighted by Crippen LogP contribution is 2.18. The molecule has 5 nitrogen and oxygen atoms in total. The summed E-state index contributed by atoms with van der Waals surface area (Å²) in [5, 5.41) is 3.63. The molecule has 1 atom stereocenters. The van der Waals surface area contributed by atoms with Gasteiger partial charge in [-0.1, -0.05) is 99.5 Å². The Kier molecular flexibility index (Phi) is 12.1. The molecule has 1 N–H and O–H groups in total. The molecule has 0 unspecified atom stereocenters. The monoisotopic (exact) mass is 540 g/mol. The van der Waals surface area contributed by atoms with Gasteiger partial charge in [0.05, 0.1) is 6.04 Å². The molecular weight excluding hydrogens is 492 g/mol. The first kappa shape index (κ1) is 29.8. The lowest BCUT2D eigenvalue weighted by Crippen LogP contribution is -2.54. The first-order chi connectivity index (χ1) is 19.7. The van der Waals surface area contributed by atoms with Crippen molar-refractivity contribution in [1.29, 1.82) is 0 Å². The molecule has 1 aliphatic rings. The highest BCUT2D eigenvalue weighted by Gasteiger charge is 2.27. The summed E-state index contributed by atoms with van der Waals surface area (Å²) < 4.78 is 0. The number of piperazine rings is 1. The van der Waals surface area contributed by atoms with Gasteiger partial charge in [0.15, 0.2) is 0 Å². The number of nitrogens with one attached hydrogen (secondary N) is 1. The van der Waals surface area contributed by atoms with E-state index < -0.39 is 0 Å². The van der Waals surface area contributed by atoms with E-state index in [0.717, 1.165) is 45.8 Å². The van der Waals surface area contributed by atoms with E-state index in [1.54, 1.807) is 0 Å². The fourth-order valence-electron chi connectivity index (χ4n) is 5.42. The molecule has 4 rings (SSSR count). The quantitative estimate of drug-likeness (QED) is 0.251. The number of benzene rings is 3. The Morgan fingerprint density at radius 1 is 0.750 bits per heavy atom. The van der Waals surface area contributed by atoms with Crippen LogP contribution < -0.4 is 10.2 Å². The van der Waals surface area contributed by atoms with Crippen LogP contribution in [0.4, 0.5) is 5.69 Å². The third kappa shape index (κ3) is 9.21. The Labute approximate surface area is 242 Å². The molecule has 1 heterocycles. The molecular formula is C35H48N4O. The standard InChI is InChI=1S/C35H48N4O/c1-3-5-21-38(22-6-4-2)33-19-17-31(18-20-33)28-36-34(27-30-13-9-7-10-14-30)35(40)39-25-23-37(24-26-39)29-32-15-11-8-12-16-32/h7-20,34,36H,3-6,21-29H2,1-2H3/t34-/m0/s1. The molecule has 3 aromatic carbocycles. The van der Waals surface area contributed by atoms with E-state index in [0.29, 0.717) is 13.0 Å². The van der Waals surface area contributed by atoms with Gasteiger partial charge in [0.2, 0.25) is 5.91 Å². The summed E-state index contributed by atoms with van der Waals surface area (Å²) in [5.41, 5.74) is 5.04. The van der Waals surface area contributed by atoms with Crippen LogP contribution in [0.3, 0.4) is 0 Å². The van der Waals surface area contributed by atoms with Gasteiger partial charge in [0.1, 0.15) is 0 Å². The van der Waals surface area contributed by atoms with Crippen LogP contribution in [0.15, 0.2) is 84.9 Å². The summed E-state index contributed by atoms with van der Waals surface area (Å²) in [6.45, 7) is 11.7. The van der Waals surface area contributed by atoms with Gasteiger partial charge in [-0.15, -0.1) is 0 Å². The van der Waals surface area contributed by atoms with Crippen molar-refractivity contribution < 1.29 is 4.79 Å². The van der Waals surface area contributed by atoms with Gasteiger partial charge >= 0.3 is 0 Å². The molecule has 0 bridgehead atoms. The number of hydrogen-bond acceptors (Lipinski definition) is 4. The van der Waals surface area contributed by atoms with E-state index in [2.05, 4.69) is 113 Å². The average Bonchev–Trinajstić information content (AvgIpc) is 3.01. The molecule has 0 radical (unpaired) electrons. The number of nitrogens with zero attached hydrogens (tertiary/aromatic N) is 3. The number of hydrogen-bond donors (Lipinski definition) is 1. The molecule has 5 heteroatoms. The topological polar surface area (TPSA) is 38.8 Å². The van der Waals surface area contributed by atoms with E-state index in [-0.39, 0.29) is 11.9 Å². The number of anilines is 1. The molecule has 0 aromatic heterocycles. The first-order valence-corrected chi connectivity index (χ1v) is 15.3. The Morgan fingerprint density at radius 3 is 1.90 bits per heavy atom. The minimum atomic E-state index is -0.242. The van der Waals surface area contributed by atoms with Gasteiger partial charge < -0.3 is 15.1 Å². The van der Waals surface area contributed by atoms with Gasteiger partial charge in [-0.25, -0.2) is 0 Å². The average molecular weight is 541 g/mol. The molecule has 1 saturated heterocycles. The maximum Gasteiger partial charge on any atom is 0.240 e. The zero-order valence-electron chi connectivity index (χ0n) is 24.6. The Morgan fingerprint density at radius 2 is 1.32 bits per heavy atom. The van der Waals surface area contributed by atoms with E-state index in [1.807, 2.05) is 6.07 Å². The van der Waals surface area contributed by atoms with Crippen LogP contribution >= 0.6 is 0 Å². The summed E-state index contributed by atoms with van der Waals surface area (Å²) in [6, 6.07) is 29.7. The largest absolute Gasteiger partial charge is 0.372 e. The molecule has 214 valence electrons. The Hall–Kier alpha value is -3.15. The summed E-state index contributed by atoms with van der Waals surface area (Å²) in [7, 11) is 0. The summed E-state index contributed by atoms with van der Waals surface area (Å²) >= 11 is 0. The van der Waals surface area contributed by atoms with E-state index in [4.69, 9.17) is 0 Å². The number of rotatable bonds is 15. The van der Waals surface area contributed by atoms with Gasteiger partial charge in [-0.3, -0.25) is 9.69 Å². The van der Waals surface area contributed by atoms with E-state index in [1.165, 1.54) is 48.1 Å². The van der Waals surface area contributed by atoms with Crippen LogP contribution in [0.1, 0.15) is 56.2 Å². The fourth-order valence-corrected chi connectivity index (χ4v) is 5.42. The second kappa shape index (κ2) is 16.2. The summed E-state index contributed by atoms with van der Waals surface area (Å²) in [5.74, 6) is 0.213. The number of amides is 1. The van der Waals surface area contributed by atoms with Gasteiger partial charge in [-0.05, 0) is 48.1 Å². The van der Waals surface area contributed by atoms with Crippen molar-refractivity contribution in [3.63, 3.8) is 0 Å². The predicted octanol–water partition coefficient (Wildman–Crippen LogP) is 6.14. The van der Waals surface area contributed by atoms with Crippen molar-refractivity contribution in [2.45, 2.75) is 65.1 Å². The minimum Gasteiger partial charge on any atom is -0.372 e. The summed E-state index contributed by atoms with van der Waals surface area (Å²) in [4.78, 5) is 20.8. The van der Waals surface area contributed by atoms with Crippen molar-refractivity contribution >= 4 is 11.6 Å². The highest BCUT2D eigenvalue weighted by atomic mass is 16.2. The van der Waals surface area contributed by atoms with Crippen molar-refractivity contribution in [3.05, 3.63) is 102 Å². The highest BCUT2D eigenvalue weighted by molar-refractivity contribution is 5.82. The Bertz CT molecular complexity index is 1100. The van der Waals surface area contributed by atoms with Crippen LogP contribution in [0.5, 0.6) is 0 Å². The lowest BCUT2D eigenvalue weighted by Gasteiger charge is -2.36. The SMILES string of the molecule is CCCCN(CCCC)c1ccc(CN[C@@H](Cc2ccccc2)C(=O)N2CCN(Cc3ccccc3)CC2)cc1. The zero-order valence-corrected chi connectivity index (χ0v) is 24.6. The Balaban J connectivity index is 1.36. The molecule has 0 saturated carbocycles.